The van der Waals surface area contributed by atoms with E-state index in [-0.39, 0.29) is 5.91 Å². The zero-order chi connectivity index (χ0) is 12.3. The summed E-state index contributed by atoms with van der Waals surface area (Å²) in [6.45, 7) is 6.47. The third-order valence-electron chi connectivity index (χ3n) is 2.84. The van der Waals surface area contributed by atoms with Gasteiger partial charge in [0, 0.05) is 18.7 Å². The minimum atomic E-state index is 0.0342. The number of fused-ring (bicyclic) bond motifs is 1. The van der Waals surface area contributed by atoms with Crippen molar-refractivity contribution in [2.24, 2.45) is 0 Å². The molecular weight excluding hydrogens is 218 g/mol. The summed E-state index contributed by atoms with van der Waals surface area (Å²) in [7, 11) is 0. The Bertz CT molecular complexity index is 413. The Morgan fingerprint density at radius 1 is 1.18 bits per heavy atom. The van der Waals surface area contributed by atoms with Crippen LogP contribution in [0.2, 0.25) is 0 Å². The highest BCUT2D eigenvalue weighted by Crippen LogP contribution is 2.31. The summed E-state index contributed by atoms with van der Waals surface area (Å²) in [4.78, 5) is 13.9. The first-order chi connectivity index (χ1) is 8.26. The van der Waals surface area contributed by atoms with Crippen molar-refractivity contribution in [1.29, 1.82) is 0 Å². The highest BCUT2D eigenvalue weighted by atomic mass is 16.6. The van der Waals surface area contributed by atoms with Crippen LogP contribution in [-0.4, -0.2) is 37.1 Å². The number of benzene rings is 1. The summed E-state index contributed by atoms with van der Waals surface area (Å²) in [5.41, 5.74) is 0.651. The zero-order valence-electron chi connectivity index (χ0n) is 10.2. The van der Waals surface area contributed by atoms with E-state index in [1.807, 2.05) is 13.8 Å². The monoisotopic (exact) mass is 235 g/mol. The molecule has 0 N–H and O–H groups in total. The maximum Gasteiger partial charge on any atom is 0.253 e. The maximum atomic E-state index is 12.1. The van der Waals surface area contributed by atoms with Crippen molar-refractivity contribution < 1.29 is 14.3 Å². The van der Waals surface area contributed by atoms with Crippen LogP contribution in [-0.2, 0) is 0 Å². The number of ether oxygens (including phenoxy) is 2. The van der Waals surface area contributed by atoms with Gasteiger partial charge in [0.05, 0.1) is 0 Å². The lowest BCUT2D eigenvalue weighted by Crippen LogP contribution is -2.30. The van der Waals surface area contributed by atoms with E-state index in [2.05, 4.69) is 0 Å². The Kier molecular flexibility index (Phi) is 3.52. The van der Waals surface area contributed by atoms with E-state index < -0.39 is 0 Å². The zero-order valence-corrected chi connectivity index (χ0v) is 10.2. The number of rotatable bonds is 3. The van der Waals surface area contributed by atoms with Gasteiger partial charge in [-0.05, 0) is 32.0 Å². The van der Waals surface area contributed by atoms with E-state index in [0.717, 1.165) is 0 Å². The SMILES string of the molecule is CCN(CC)C(=O)c1ccc2c(c1)OCCO2. The van der Waals surface area contributed by atoms with Gasteiger partial charge in [-0.2, -0.15) is 0 Å². The second-order valence-corrected chi connectivity index (χ2v) is 3.84. The molecule has 0 unspecified atom stereocenters. The van der Waals surface area contributed by atoms with E-state index in [1.165, 1.54) is 0 Å². The van der Waals surface area contributed by atoms with Crippen LogP contribution in [0.5, 0.6) is 11.5 Å². The van der Waals surface area contributed by atoms with E-state index in [1.54, 1.807) is 23.1 Å². The number of carbonyl (C=O) groups is 1. The van der Waals surface area contributed by atoms with Gasteiger partial charge >= 0.3 is 0 Å². The Morgan fingerprint density at radius 3 is 2.47 bits per heavy atom. The first-order valence-electron chi connectivity index (χ1n) is 5.95. The van der Waals surface area contributed by atoms with Gasteiger partial charge in [-0.1, -0.05) is 0 Å². The van der Waals surface area contributed by atoms with E-state index in [4.69, 9.17) is 9.47 Å². The van der Waals surface area contributed by atoms with Crippen molar-refractivity contribution in [3.63, 3.8) is 0 Å². The third-order valence-corrected chi connectivity index (χ3v) is 2.84. The van der Waals surface area contributed by atoms with Gasteiger partial charge in [0.2, 0.25) is 0 Å². The van der Waals surface area contributed by atoms with Crippen LogP contribution < -0.4 is 9.47 Å². The van der Waals surface area contributed by atoms with Gasteiger partial charge in [-0.3, -0.25) is 4.79 Å². The summed E-state index contributed by atoms with van der Waals surface area (Å²) >= 11 is 0. The summed E-state index contributed by atoms with van der Waals surface area (Å²) in [6, 6.07) is 5.34. The minimum Gasteiger partial charge on any atom is -0.486 e. The molecule has 0 radical (unpaired) electrons. The fraction of sp³-hybridized carbons (Fsp3) is 0.462. The standard InChI is InChI=1S/C13H17NO3/c1-3-14(4-2)13(15)10-5-6-11-12(9-10)17-8-7-16-11/h5-6,9H,3-4,7-8H2,1-2H3. The smallest absolute Gasteiger partial charge is 0.253 e. The Labute approximate surface area is 101 Å². The lowest BCUT2D eigenvalue weighted by molar-refractivity contribution is 0.0772. The van der Waals surface area contributed by atoms with Crippen LogP contribution in [0, 0.1) is 0 Å². The quantitative estimate of drug-likeness (QED) is 0.803. The third kappa shape index (κ3) is 2.35. The fourth-order valence-electron chi connectivity index (χ4n) is 1.87. The Morgan fingerprint density at radius 2 is 1.82 bits per heavy atom. The maximum absolute atomic E-state index is 12.1. The molecule has 1 amide bonds. The molecule has 1 aliphatic heterocycles. The molecule has 4 heteroatoms. The second-order valence-electron chi connectivity index (χ2n) is 3.84. The summed E-state index contributed by atoms with van der Waals surface area (Å²) in [5, 5.41) is 0. The van der Waals surface area contributed by atoms with Gasteiger partial charge in [0.1, 0.15) is 13.2 Å². The molecule has 1 heterocycles. The molecule has 0 atom stereocenters. The predicted molar refractivity (Wildman–Crippen MR) is 64.7 cm³/mol. The Balaban J connectivity index is 2.24. The van der Waals surface area contributed by atoms with Gasteiger partial charge in [0.15, 0.2) is 11.5 Å². The van der Waals surface area contributed by atoms with Gasteiger partial charge in [-0.25, -0.2) is 0 Å². The number of carbonyl (C=O) groups excluding carboxylic acids is 1. The molecule has 2 rings (SSSR count). The summed E-state index contributed by atoms with van der Waals surface area (Å²) < 4.78 is 10.9. The molecule has 17 heavy (non-hydrogen) atoms. The van der Waals surface area contributed by atoms with Crippen LogP contribution in [0.15, 0.2) is 18.2 Å². The molecule has 1 aromatic carbocycles. The highest BCUT2D eigenvalue weighted by molar-refractivity contribution is 5.94. The molecule has 92 valence electrons. The van der Waals surface area contributed by atoms with E-state index in [9.17, 15) is 4.79 Å². The molecule has 0 saturated carbocycles. The fourth-order valence-corrected chi connectivity index (χ4v) is 1.87. The first-order valence-corrected chi connectivity index (χ1v) is 5.95. The molecule has 1 aliphatic rings. The summed E-state index contributed by atoms with van der Waals surface area (Å²) in [5.74, 6) is 1.41. The average molecular weight is 235 g/mol. The molecule has 4 nitrogen and oxygen atoms in total. The molecule has 0 spiro atoms. The molecule has 1 aromatic rings. The molecule has 0 fully saturated rings. The van der Waals surface area contributed by atoms with Gasteiger partial charge in [0.25, 0.3) is 5.91 Å². The van der Waals surface area contributed by atoms with E-state index in [0.29, 0.717) is 43.4 Å². The number of hydrogen-bond acceptors (Lipinski definition) is 3. The molecule has 0 saturated heterocycles. The Hall–Kier alpha value is -1.71. The second kappa shape index (κ2) is 5.08. The highest BCUT2D eigenvalue weighted by Gasteiger charge is 2.17. The van der Waals surface area contributed by atoms with Crippen LogP contribution in [0.3, 0.4) is 0 Å². The normalized spacial score (nSPS) is 13.3. The largest absolute Gasteiger partial charge is 0.486 e. The average Bonchev–Trinajstić information content (AvgIpc) is 2.39. The minimum absolute atomic E-state index is 0.0342. The topological polar surface area (TPSA) is 38.8 Å². The van der Waals surface area contributed by atoms with E-state index >= 15 is 0 Å². The van der Waals surface area contributed by atoms with Crippen molar-refractivity contribution in [3.05, 3.63) is 23.8 Å². The first kappa shape index (κ1) is 11.8. The van der Waals surface area contributed by atoms with Gasteiger partial charge in [-0.15, -0.1) is 0 Å². The number of nitrogens with zero attached hydrogens (tertiary/aromatic N) is 1. The van der Waals surface area contributed by atoms with Crippen molar-refractivity contribution in [3.8, 4) is 11.5 Å². The lowest BCUT2D eigenvalue weighted by atomic mass is 10.1. The van der Waals surface area contributed by atoms with Crippen LogP contribution in [0.25, 0.3) is 0 Å². The van der Waals surface area contributed by atoms with Crippen LogP contribution in [0.1, 0.15) is 24.2 Å². The van der Waals surface area contributed by atoms with Crippen molar-refractivity contribution in [1.82, 2.24) is 4.90 Å². The van der Waals surface area contributed by atoms with Crippen LogP contribution in [0.4, 0.5) is 0 Å². The molecular formula is C13H17NO3. The summed E-state index contributed by atoms with van der Waals surface area (Å²) in [6.07, 6.45) is 0. The molecule has 0 aromatic heterocycles. The lowest BCUT2D eigenvalue weighted by Gasteiger charge is -2.21. The predicted octanol–water partition coefficient (Wildman–Crippen LogP) is 1.94. The van der Waals surface area contributed by atoms with Crippen LogP contribution >= 0.6 is 0 Å². The van der Waals surface area contributed by atoms with Gasteiger partial charge < -0.3 is 14.4 Å². The van der Waals surface area contributed by atoms with Crippen molar-refractivity contribution in [2.45, 2.75) is 13.8 Å². The number of amides is 1. The van der Waals surface area contributed by atoms with Crippen molar-refractivity contribution in [2.75, 3.05) is 26.3 Å². The van der Waals surface area contributed by atoms with Crippen molar-refractivity contribution >= 4 is 5.91 Å². The molecule has 0 aliphatic carbocycles. The molecule has 0 bridgehead atoms. The number of hydrogen-bond donors (Lipinski definition) is 0.